The molecule has 0 aliphatic carbocycles. The summed E-state index contributed by atoms with van der Waals surface area (Å²) in [4.78, 5) is 22.6. The standard InChI is InChI=1S/C12H14FNO4/c1-12(2,11(16)17)14-10(15)7-4-5-9(18-3)8(13)6-7/h4-6H,1-3H3,(H,14,15)(H,16,17). The summed E-state index contributed by atoms with van der Waals surface area (Å²) in [5.74, 6) is -2.50. The van der Waals surface area contributed by atoms with E-state index in [1.54, 1.807) is 0 Å². The van der Waals surface area contributed by atoms with Gasteiger partial charge in [-0.15, -0.1) is 0 Å². The first-order valence-corrected chi connectivity index (χ1v) is 5.17. The molecule has 0 radical (unpaired) electrons. The summed E-state index contributed by atoms with van der Waals surface area (Å²) in [6.45, 7) is 2.68. The number of hydrogen-bond donors (Lipinski definition) is 2. The third kappa shape index (κ3) is 2.97. The minimum absolute atomic E-state index is 0.0176. The van der Waals surface area contributed by atoms with Gasteiger partial charge in [-0.3, -0.25) is 4.79 Å². The topological polar surface area (TPSA) is 75.6 Å². The Hall–Kier alpha value is -2.11. The van der Waals surface area contributed by atoms with Gasteiger partial charge in [0.05, 0.1) is 7.11 Å². The molecule has 2 N–H and O–H groups in total. The molecule has 0 aliphatic rings. The zero-order chi connectivity index (χ0) is 13.9. The lowest BCUT2D eigenvalue weighted by Gasteiger charge is -2.21. The molecule has 98 valence electrons. The molecule has 1 amide bonds. The van der Waals surface area contributed by atoms with Crippen LogP contribution in [0.2, 0.25) is 0 Å². The van der Waals surface area contributed by atoms with Crippen molar-refractivity contribution in [1.29, 1.82) is 0 Å². The molecule has 6 heteroatoms. The summed E-state index contributed by atoms with van der Waals surface area (Å²) in [5, 5.41) is 11.2. The Bertz CT molecular complexity index is 485. The van der Waals surface area contributed by atoms with Crippen molar-refractivity contribution in [3.8, 4) is 5.75 Å². The molecule has 5 nitrogen and oxygen atoms in total. The Morgan fingerprint density at radius 1 is 1.39 bits per heavy atom. The van der Waals surface area contributed by atoms with E-state index in [1.165, 1.54) is 33.1 Å². The quantitative estimate of drug-likeness (QED) is 0.853. The van der Waals surface area contributed by atoms with E-state index in [0.29, 0.717) is 0 Å². The van der Waals surface area contributed by atoms with Gasteiger partial charge in [-0.25, -0.2) is 9.18 Å². The van der Waals surface area contributed by atoms with Crippen molar-refractivity contribution >= 4 is 11.9 Å². The fourth-order valence-corrected chi connectivity index (χ4v) is 1.22. The number of nitrogens with one attached hydrogen (secondary N) is 1. The van der Waals surface area contributed by atoms with E-state index in [1.807, 2.05) is 0 Å². The predicted octanol–water partition coefficient (Wildman–Crippen LogP) is 1.43. The second-order valence-corrected chi connectivity index (χ2v) is 4.23. The highest BCUT2D eigenvalue weighted by Crippen LogP contribution is 2.18. The third-order valence-corrected chi connectivity index (χ3v) is 2.37. The number of carbonyl (C=O) groups is 2. The molecule has 0 spiro atoms. The molecule has 0 fully saturated rings. The van der Waals surface area contributed by atoms with Crippen LogP contribution in [0.3, 0.4) is 0 Å². The number of halogens is 1. The summed E-state index contributed by atoms with van der Waals surface area (Å²) in [5.41, 5.74) is -1.39. The molecule has 1 aromatic carbocycles. The molecular formula is C12H14FNO4. The molecule has 0 aromatic heterocycles. The maximum absolute atomic E-state index is 13.4. The van der Waals surface area contributed by atoms with Gasteiger partial charge in [0.25, 0.3) is 5.91 Å². The van der Waals surface area contributed by atoms with Gasteiger partial charge in [0, 0.05) is 5.56 Å². The van der Waals surface area contributed by atoms with E-state index in [-0.39, 0.29) is 11.3 Å². The maximum Gasteiger partial charge on any atom is 0.328 e. The Balaban J connectivity index is 2.92. The predicted molar refractivity (Wildman–Crippen MR) is 62.1 cm³/mol. The smallest absolute Gasteiger partial charge is 0.328 e. The van der Waals surface area contributed by atoms with Crippen molar-refractivity contribution in [3.05, 3.63) is 29.6 Å². The van der Waals surface area contributed by atoms with Gasteiger partial charge >= 0.3 is 5.97 Å². The van der Waals surface area contributed by atoms with Crippen molar-refractivity contribution in [2.45, 2.75) is 19.4 Å². The SMILES string of the molecule is COc1ccc(C(=O)NC(C)(C)C(=O)O)cc1F. The lowest BCUT2D eigenvalue weighted by atomic mass is 10.1. The summed E-state index contributed by atoms with van der Waals surface area (Å²) >= 11 is 0. The average molecular weight is 255 g/mol. The number of carbonyl (C=O) groups excluding carboxylic acids is 1. The lowest BCUT2D eigenvalue weighted by molar-refractivity contribution is -0.143. The molecule has 0 saturated carbocycles. The van der Waals surface area contributed by atoms with Crippen molar-refractivity contribution in [2.75, 3.05) is 7.11 Å². The molecule has 0 unspecified atom stereocenters. The molecule has 18 heavy (non-hydrogen) atoms. The molecule has 0 aliphatic heterocycles. The lowest BCUT2D eigenvalue weighted by Crippen LogP contribution is -2.49. The summed E-state index contributed by atoms with van der Waals surface area (Å²) in [6.07, 6.45) is 0. The largest absolute Gasteiger partial charge is 0.494 e. The Labute approximate surface area is 104 Å². The molecule has 1 aromatic rings. The number of rotatable bonds is 4. The van der Waals surface area contributed by atoms with Crippen molar-refractivity contribution < 1.29 is 23.8 Å². The van der Waals surface area contributed by atoms with Crippen LogP contribution in [0, 0.1) is 5.82 Å². The molecule has 0 saturated heterocycles. The van der Waals surface area contributed by atoms with Crippen LogP contribution < -0.4 is 10.1 Å². The number of methoxy groups -OCH3 is 1. The van der Waals surface area contributed by atoms with E-state index in [2.05, 4.69) is 5.32 Å². The van der Waals surface area contributed by atoms with Crippen LogP contribution in [-0.4, -0.2) is 29.6 Å². The van der Waals surface area contributed by atoms with Crippen molar-refractivity contribution in [3.63, 3.8) is 0 Å². The first kappa shape index (κ1) is 14.0. The highest BCUT2D eigenvalue weighted by molar-refractivity contribution is 5.97. The fourth-order valence-electron chi connectivity index (χ4n) is 1.22. The minimum atomic E-state index is -1.42. The minimum Gasteiger partial charge on any atom is -0.494 e. The molecular weight excluding hydrogens is 241 g/mol. The van der Waals surface area contributed by atoms with Gasteiger partial charge in [-0.2, -0.15) is 0 Å². The number of hydrogen-bond acceptors (Lipinski definition) is 3. The number of carboxylic acids is 1. The van der Waals surface area contributed by atoms with Gasteiger partial charge < -0.3 is 15.2 Å². The van der Waals surface area contributed by atoms with Gasteiger partial charge in [-0.05, 0) is 32.0 Å². The molecule has 0 heterocycles. The number of aliphatic carboxylic acids is 1. The van der Waals surface area contributed by atoms with Crippen LogP contribution in [0.15, 0.2) is 18.2 Å². The number of carboxylic acid groups (broad SMARTS) is 1. The van der Waals surface area contributed by atoms with Gasteiger partial charge in [0.15, 0.2) is 11.6 Å². The highest BCUT2D eigenvalue weighted by Gasteiger charge is 2.29. The van der Waals surface area contributed by atoms with Gasteiger partial charge in [0.2, 0.25) is 0 Å². The normalized spacial score (nSPS) is 10.9. The Morgan fingerprint density at radius 2 is 2.00 bits per heavy atom. The van der Waals surface area contributed by atoms with Crippen LogP contribution in [-0.2, 0) is 4.79 Å². The maximum atomic E-state index is 13.4. The first-order valence-electron chi connectivity index (χ1n) is 5.17. The summed E-state index contributed by atoms with van der Waals surface area (Å²) in [7, 11) is 1.31. The molecule has 0 atom stereocenters. The number of amides is 1. The van der Waals surface area contributed by atoms with Crippen LogP contribution >= 0.6 is 0 Å². The van der Waals surface area contributed by atoms with E-state index in [4.69, 9.17) is 9.84 Å². The van der Waals surface area contributed by atoms with Crippen molar-refractivity contribution in [2.24, 2.45) is 0 Å². The third-order valence-electron chi connectivity index (χ3n) is 2.37. The summed E-state index contributed by atoms with van der Waals surface area (Å²) < 4.78 is 18.1. The second-order valence-electron chi connectivity index (χ2n) is 4.23. The van der Waals surface area contributed by atoms with Crippen LogP contribution in [0.25, 0.3) is 0 Å². The van der Waals surface area contributed by atoms with Crippen LogP contribution in [0.5, 0.6) is 5.75 Å². The fraction of sp³-hybridized carbons (Fsp3) is 0.333. The van der Waals surface area contributed by atoms with E-state index in [0.717, 1.165) is 6.07 Å². The van der Waals surface area contributed by atoms with Crippen molar-refractivity contribution in [1.82, 2.24) is 5.32 Å². The highest BCUT2D eigenvalue weighted by atomic mass is 19.1. The average Bonchev–Trinajstić information content (AvgIpc) is 2.28. The monoisotopic (exact) mass is 255 g/mol. The second kappa shape index (κ2) is 5.03. The van der Waals surface area contributed by atoms with Crippen LogP contribution in [0.1, 0.15) is 24.2 Å². The van der Waals surface area contributed by atoms with Gasteiger partial charge in [0.1, 0.15) is 5.54 Å². The van der Waals surface area contributed by atoms with E-state index >= 15 is 0 Å². The number of benzene rings is 1. The molecule has 1 rings (SSSR count). The van der Waals surface area contributed by atoms with E-state index < -0.39 is 23.2 Å². The Morgan fingerprint density at radius 3 is 2.44 bits per heavy atom. The number of ether oxygens (including phenoxy) is 1. The van der Waals surface area contributed by atoms with E-state index in [9.17, 15) is 14.0 Å². The zero-order valence-corrected chi connectivity index (χ0v) is 10.3. The zero-order valence-electron chi connectivity index (χ0n) is 10.3. The summed E-state index contributed by atoms with van der Waals surface area (Å²) in [6, 6.07) is 3.65. The van der Waals surface area contributed by atoms with Gasteiger partial charge in [-0.1, -0.05) is 0 Å². The first-order chi connectivity index (χ1) is 8.27. The Kier molecular flexibility index (Phi) is 3.90. The molecule has 0 bridgehead atoms. The van der Waals surface area contributed by atoms with Crippen LogP contribution in [0.4, 0.5) is 4.39 Å².